The zero-order valence-electron chi connectivity index (χ0n) is 4.70. The van der Waals surface area contributed by atoms with Crippen LogP contribution >= 0.6 is 0 Å². The minimum atomic E-state index is -3.57. The molecule has 0 aromatic rings. The molecule has 0 aliphatic rings. The summed E-state index contributed by atoms with van der Waals surface area (Å²) in [7, 11) is -3.57. The van der Waals surface area contributed by atoms with E-state index in [0.29, 0.717) is 0 Å². The fourth-order valence-electron chi connectivity index (χ4n) is 0.138. The maximum atomic E-state index is 10.0. The van der Waals surface area contributed by atoms with E-state index >= 15 is 0 Å². The van der Waals surface area contributed by atoms with E-state index in [2.05, 4.69) is 9.22 Å². The van der Waals surface area contributed by atoms with Crippen molar-refractivity contribution < 1.29 is 17.6 Å². The van der Waals surface area contributed by atoms with Gasteiger partial charge in [0.1, 0.15) is 0 Å². The van der Waals surface area contributed by atoms with Gasteiger partial charge >= 0.3 is 0 Å². The molecule has 0 amide bonds. The largest absolute Gasteiger partial charge is 0.290 e. The molecule has 0 saturated carbocycles. The van der Waals surface area contributed by atoms with Gasteiger partial charge in [0.05, 0.1) is 12.3 Å². The fraction of sp³-hybridized carbons (Fsp3) is 0.667. The number of nitriles is 1. The van der Waals surface area contributed by atoms with Gasteiger partial charge in [-0.05, 0) is 0 Å². The molecule has 0 aromatic carbocycles. The van der Waals surface area contributed by atoms with Gasteiger partial charge in [0.25, 0.3) is 10.1 Å². The van der Waals surface area contributed by atoms with Crippen molar-refractivity contribution in [2.45, 2.75) is 0 Å². The Balaban J connectivity index is 3.44. The van der Waals surface area contributed by atoms with Crippen molar-refractivity contribution in [1.29, 1.82) is 5.26 Å². The Bertz CT molecular complexity index is 200. The average Bonchev–Trinajstić information content (AvgIpc) is 1.63. The van der Waals surface area contributed by atoms with Crippen molar-refractivity contribution in [2.75, 3.05) is 12.9 Å². The molecule has 0 heterocycles. The highest BCUT2D eigenvalue weighted by molar-refractivity contribution is 7.85. The smallest absolute Gasteiger partial charge is 0.205 e. The van der Waals surface area contributed by atoms with E-state index in [-0.39, 0.29) is 0 Å². The summed E-state index contributed by atoms with van der Waals surface area (Å²) in [4.78, 5) is 3.90. The van der Waals surface area contributed by atoms with Crippen molar-refractivity contribution in [2.24, 2.45) is 0 Å². The maximum absolute atomic E-state index is 10.0. The zero-order valence-corrected chi connectivity index (χ0v) is 5.51. The molecule has 9 heavy (non-hydrogen) atoms. The van der Waals surface area contributed by atoms with Crippen LogP contribution in [0.2, 0.25) is 0 Å². The van der Waals surface area contributed by atoms with Crippen LogP contribution in [0.15, 0.2) is 0 Å². The molecule has 5 nitrogen and oxygen atoms in total. The molecular formula is C3H5NO4S. The second-order valence-electron chi connectivity index (χ2n) is 1.19. The Hall–Kier alpha value is -0.640. The summed E-state index contributed by atoms with van der Waals surface area (Å²) >= 11 is 0. The summed E-state index contributed by atoms with van der Waals surface area (Å²) in [5, 5.41) is 7.81. The van der Waals surface area contributed by atoms with Gasteiger partial charge in [-0.15, -0.1) is 4.33 Å². The topological polar surface area (TPSA) is 76.4 Å². The van der Waals surface area contributed by atoms with E-state index in [9.17, 15) is 8.42 Å². The van der Waals surface area contributed by atoms with E-state index in [1.54, 1.807) is 0 Å². The van der Waals surface area contributed by atoms with E-state index in [1.807, 2.05) is 0 Å². The Morgan fingerprint density at radius 1 is 1.67 bits per heavy atom. The van der Waals surface area contributed by atoms with Crippen molar-refractivity contribution in [3.8, 4) is 6.07 Å². The molecule has 0 atom stereocenters. The third-order valence-electron chi connectivity index (χ3n) is 0.295. The van der Waals surface area contributed by atoms with Gasteiger partial charge in [0.15, 0.2) is 6.61 Å². The minimum absolute atomic E-state index is 0.396. The highest BCUT2D eigenvalue weighted by Crippen LogP contribution is 1.85. The Morgan fingerprint density at radius 3 is 2.56 bits per heavy atom. The lowest BCUT2D eigenvalue weighted by molar-refractivity contribution is -0.187. The molecule has 0 aromatic heterocycles. The van der Waals surface area contributed by atoms with E-state index < -0.39 is 16.7 Å². The summed E-state index contributed by atoms with van der Waals surface area (Å²) in [6.45, 7) is -0.396. The standard InChI is InChI=1S/C3H5NO4S/c1-9(5,6)8-7-3-2-4/h3H2,1H3. The summed E-state index contributed by atoms with van der Waals surface area (Å²) in [5.74, 6) is 0. The highest BCUT2D eigenvalue weighted by Gasteiger charge is 1.99. The van der Waals surface area contributed by atoms with Crippen LogP contribution in [0.25, 0.3) is 0 Å². The molecule has 6 heteroatoms. The second-order valence-corrected chi connectivity index (χ2v) is 2.74. The predicted molar refractivity (Wildman–Crippen MR) is 27.5 cm³/mol. The molecule has 0 rings (SSSR count). The lowest BCUT2D eigenvalue weighted by Gasteiger charge is -1.92. The van der Waals surface area contributed by atoms with Crippen molar-refractivity contribution in [3.05, 3.63) is 0 Å². The third-order valence-corrected chi connectivity index (χ3v) is 0.639. The van der Waals surface area contributed by atoms with Gasteiger partial charge in [-0.2, -0.15) is 13.7 Å². The van der Waals surface area contributed by atoms with Crippen molar-refractivity contribution >= 4 is 10.1 Å². The Kier molecular flexibility index (Phi) is 3.16. The van der Waals surface area contributed by atoms with Crippen LogP contribution in [0.5, 0.6) is 0 Å². The first-order valence-electron chi connectivity index (χ1n) is 1.94. The second kappa shape index (κ2) is 3.40. The van der Waals surface area contributed by atoms with Crippen LogP contribution in [-0.2, 0) is 19.3 Å². The number of nitrogens with zero attached hydrogens (tertiary/aromatic N) is 1. The van der Waals surface area contributed by atoms with Gasteiger partial charge in [-0.25, -0.2) is 4.89 Å². The molecule has 0 radical (unpaired) electrons. The first kappa shape index (κ1) is 8.36. The Labute approximate surface area is 52.9 Å². The normalized spacial score (nSPS) is 10.7. The molecule has 0 spiro atoms. The monoisotopic (exact) mass is 151 g/mol. The average molecular weight is 151 g/mol. The molecule has 0 saturated heterocycles. The van der Waals surface area contributed by atoms with Gasteiger partial charge < -0.3 is 0 Å². The minimum Gasteiger partial charge on any atom is -0.205 e. The molecule has 0 fully saturated rings. The SMILES string of the molecule is CS(=O)(=O)OOCC#N. The van der Waals surface area contributed by atoms with Crippen LogP contribution in [0, 0.1) is 11.3 Å². The van der Waals surface area contributed by atoms with Crippen LogP contribution in [0.3, 0.4) is 0 Å². The molecule has 52 valence electrons. The molecule has 0 bridgehead atoms. The van der Waals surface area contributed by atoms with Crippen LogP contribution in [0.4, 0.5) is 0 Å². The van der Waals surface area contributed by atoms with E-state index in [0.717, 1.165) is 6.26 Å². The molecular weight excluding hydrogens is 146 g/mol. The third kappa shape index (κ3) is 7.36. The van der Waals surface area contributed by atoms with Crippen LogP contribution < -0.4 is 0 Å². The maximum Gasteiger partial charge on any atom is 0.290 e. The van der Waals surface area contributed by atoms with E-state index in [4.69, 9.17) is 5.26 Å². The first-order valence-corrected chi connectivity index (χ1v) is 3.76. The first-order chi connectivity index (χ1) is 4.06. The number of hydrogen-bond acceptors (Lipinski definition) is 5. The number of hydrogen-bond donors (Lipinski definition) is 0. The van der Waals surface area contributed by atoms with Gasteiger partial charge in [-0.3, -0.25) is 0 Å². The van der Waals surface area contributed by atoms with Gasteiger partial charge in [-0.1, -0.05) is 0 Å². The Morgan fingerprint density at radius 2 is 2.22 bits per heavy atom. The van der Waals surface area contributed by atoms with Crippen molar-refractivity contribution in [3.63, 3.8) is 0 Å². The van der Waals surface area contributed by atoms with Crippen LogP contribution in [0.1, 0.15) is 0 Å². The van der Waals surface area contributed by atoms with Gasteiger partial charge in [0.2, 0.25) is 0 Å². The van der Waals surface area contributed by atoms with Gasteiger partial charge in [0, 0.05) is 0 Å². The summed E-state index contributed by atoms with van der Waals surface area (Å²) < 4.78 is 23.8. The summed E-state index contributed by atoms with van der Waals surface area (Å²) in [6.07, 6.45) is 0.824. The zero-order chi connectivity index (χ0) is 7.33. The summed E-state index contributed by atoms with van der Waals surface area (Å²) in [5.41, 5.74) is 0. The number of rotatable bonds is 3. The van der Waals surface area contributed by atoms with E-state index in [1.165, 1.54) is 6.07 Å². The quantitative estimate of drug-likeness (QED) is 0.306. The molecule has 0 unspecified atom stereocenters. The fourth-order valence-corrected chi connectivity index (χ4v) is 0.361. The lowest BCUT2D eigenvalue weighted by Crippen LogP contribution is -2.03. The van der Waals surface area contributed by atoms with Crippen LogP contribution in [-0.4, -0.2) is 21.3 Å². The molecule has 0 aliphatic heterocycles. The lowest BCUT2D eigenvalue weighted by atomic mass is 10.9. The summed E-state index contributed by atoms with van der Waals surface area (Å²) in [6, 6.07) is 1.53. The van der Waals surface area contributed by atoms with Crippen molar-refractivity contribution in [1.82, 2.24) is 0 Å². The molecule has 0 aliphatic carbocycles. The molecule has 0 N–H and O–H groups in total. The highest BCUT2D eigenvalue weighted by atomic mass is 32.2. The predicted octanol–water partition coefficient (Wildman–Crippen LogP) is -0.582.